The highest BCUT2D eigenvalue weighted by Gasteiger charge is 2.30. The van der Waals surface area contributed by atoms with E-state index in [9.17, 15) is 0 Å². The Morgan fingerprint density at radius 3 is 1.69 bits per heavy atom. The number of fused-ring (bicyclic) bond motifs is 8. The first-order valence-corrected chi connectivity index (χ1v) is 17.6. The van der Waals surface area contributed by atoms with Crippen LogP contribution in [0.4, 0.5) is 0 Å². The highest BCUT2D eigenvalue weighted by Crippen LogP contribution is 2.44. The summed E-state index contributed by atoms with van der Waals surface area (Å²) in [6, 6.07) is 52.6. The zero-order chi connectivity index (χ0) is 34.2. The molecule has 0 bridgehead atoms. The molecule has 10 aromatic rings. The SMILES string of the molecule is C1=C(c2nc(-c3ccc4ccccc4c3)nc(-c3ccc4ccccc4c3)n2)c2c(oc3ccccc23)CC1c1ccc2c(c1)oc1ccccc12. The van der Waals surface area contributed by atoms with Crippen molar-refractivity contribution in [2.75, 3.05) is 0 Å². The van der Waals surface area contributed by atoms with Gasteiger partial charge in [0.2, 0.25) is 0 Å². The minimum absolute atomic E-state index is 0.00526. The highest BCUT2D eigenvalue weighted by atomic mass is 16.3. The molecule has 0 saturated carbocycles. The molecule has 1 aliphatic rings. The van der Waals surface area contributed by atoms with Gasteiger partial charge in [0.05, 0.1) is 0 Å². The normalized spacial score (nSPS) is 14.4. The molecule has 7 aromatic carbocycles. The monoisotopic (exact) mass is 667 g/mol. The Balaban J connectivity index is 1.14. The number of allylic oxidation sites excluding steroid dienone is 1. The second-order valence-electron chi connectivity index (χ2n) is 13.6. The lowest BCUT2D eigenvalue weighted by Crippen LogP contribution is -2.11. The number of furan rings is 2. The Kier molecular flexibility index (Phi) is 6.31. The topological polar surface area (TPSA) is 65.0 Å². The highest BCUT2D eigenvalue weighted by molar-refractivity contribution is 6.05. The first kappa shape index (κ1) is 28.9. The molecular weight excluding hydrogens is 639 g/mol. The van der Waals surface area contributed by atoms with Gasteiger partial charge in [-0.25, -0.2) is 15.0 Å². The number of rotatable bonds is 4. The van der Waals surface area contributed by atoms with Gasteiger partial charge in [0.15, 0.2) is 17.5 Å². The molecule has 3 aromatic heterocycles. The van der Waals surface area contributed by atoms with E-state index in [1.165, 1.54) is 10.8 Å². The Morgan fingerprint density at radius 2 is 1.00 bits per heavy atom. The predicted octanol–water partition coefficient (Wildman–Crippen LogP) is 11.9. The summed E-state index contributed by atoms with van der Waals surface area (Å²) in [5.41, 5.74) is 7.61. The summed E-state index contributed by atoms with van der Waals surface area (Å²) in [4.78, 5) is 15.7. The van der Waals surface area contributed by atoms with Gasteiger partial charge in [-0.3, -0.25) is 0 Å². The minimum Gasteiger partial charge on any atom is -0.460 e. The number of hydrogen-bond acceptors (Lipinski definition) is 5. The molecule has 0 aliphatic heterocycles. The van der Waals surface area contributed by atoms with E-state index >= 15 is 0 Å². The predicted molar refractivity (Wildman–Crippen MR) is 209 cm³/mol. The smallest absolute Gasteiger partial charge is 0.164 e. The molecule has 1 atom stereocenters. The maximum atomic E-state index is 6.62. The van der Waals surface area contributed by atoms with E-state index in [2.05, 4.69) is 133 Å². The number of hydrogen-bond donors (Lipinski definition) is 0. The van der Waals surface area contributed by atoms with Gasteiger partial charge in [0.1, 0.15) is 22.5 Å². The molecule has 0 spiro atoms. The fourth-order valence-electron chi connectivity index (χ4n) is 7.86. The van der Waals surface area contributed by atoms with Crippen LogP contribution in [-0.2, 0) is 6.42 Å². The molecule has 5 nitrogen and oxygen atoms in total. The van der Waals surface area contributed by atoms with Crippen molar-refractivity contribution in [3.8, 4) is 22.8 Å². The average Bonchev–Trinajstić information content (AvgIpc) is 3.78. The maximum Gasteiger partial charge on any atom is 0.164 e. The molecule has 1 aliphatic carbocycles. The summed E-state index contributed by atoms with van der Waals surface area (Å²) >= 11 is 0. The van der Waals surface area contributed by atoms with Crippen LogP contribution in [0.3, 0.4) is 0 Å². The number of nitrogens with zero attached hydrogens (tertiary/aromatic N) is 3. The van der Waals surface area contributed by atoms with Crippen LogP contribution >= 0.6 is 0 Å². The van der Waals surface area contributed by atoms with Crippen molar-refractivity contribution in [1.29, 1.82) is 0 Å². The van der Waals surface area contributed by atoms with Crippen molar-refractivity contribution in [2.24, 2.45) is 0 Å². The van der Waals surface area contributed by atoms with Crippen LogP contribution in [0, 0.1) is 0 Å². The number of benzene rings is 7. The van der Waals surface area contributed by atoms with Crippen LogP contribution in [0.2, 0.25) is 0 Å². The molecule has 0 amide bonds. The summed E-state index contributed by atoms with van der Waals surface area (Å²) in [6.07, 6.45) is 3.02. The Morgan fingerprint density at radius 1 is 0.442 bits per heavy atom. The van der Waals surface area contributed by atoms with Crippen LogP contribution in [0.25, 0.3) is 82.8 Å². The third kappa shape index (κ3) is 4.67. The molecule has 0 fully saturated rings. The molecule has 0 N–H and O–H groups in total. The second-order valence-corrected chi connectivity index (χ2v) is 13.6. The van der Waals surface area contributed by atoms with Crippen molar-refractivity contribution < 1.29 is 8.83 Å². The van der Waals surface area contributed by atoms with E-state index in [4.69, 9.17) is 23.8 Å². The summed E-state index contributed by atoms with van der Waals surface area (Å²) in [5, 5.41) is 7.89. The second kappa shape index (κ2) is 11.3. The van der Waals surface area contributed by atoms with Gasteiger partial charge >= 0.3 is 0 Å². The van der Waals surface area contributed by atoms with E-state index in [1.807, 2.05) is 24.3 Å². The van der Waals surface area contributed by atoms with E-state index in [1.54, 1.807) is 0 Å². The quantitative estimate of drug-likeness (QED) is 0.187. The molecule has 0 radical (unpaired) electrons. The Labute approximate surface area is 298 Å². The van der Waals surface area contributed by atoms with Gasteiger partial charge in [0.25, 0.3) is 0 Å². The molecule has 52 heavy (non-hydrogen) atoms. The minimum atomic E-state index is 0.00526. The number of para-hydroxylation sites is 2. The lowest BCUT2D eigenvalue weighted by Gasteiger charge is -2.21. The van der Waals surface area contributed by atoms with Crippen LogP contribution < -0.4 is 0 Å². The van der Waals surface area contributed by atoms with Crippen molar-refractivity contribution >= 4 is 60.0 Å². The zero-order valence-corrected chi connectivity index (χ0v) is 28.0. The van der Waals surface area contributed by atoms with E-state index in [0.717, 1.165) is 77.3 Å². The summed E-state index contributed by atoms with van der Waals surface area (Å²) < 4.78 is 12.9. The molecule has 244 valence electrons. The lowest BCUT2D eigenvalue weighted by atomic mass is 9.83. The van der Waals surface area contributed by atoms with Crippen molar-refractivity contribution in [3.05, 3.63) is 180 Å². The van der Waals surface area contributed by atoms with Crippen LogP contribution in [0.5, 0.6) is 0 Å². The van der Waals surface area contributed by atoms with Crippen LogP contribution in [0.15, 0.2) is 167 Å². The van der Waals surface area contributed by atoms with Gasteiger partial charge in [-0.05, 0) is 57.4 Å². The van der Waals surface area contributed by atoms with Gasteiger partial charge in [-0.2, -0.15) is 0 Å². The Bertz CT molecular complexity index is 2980. The standard InChI is InChI=1S/C47H29N3O2/c1-3-11-30-23-33(19-17-28(30)9-1)45-48-46(34-20-18-29-10-2-4-12-31(29)24-34)50-47(49-45)39-25-35(27-43-44(39)38-14-6-8-16-41(38)52-43)32-21-22-37-36-13-5-7-15-40(36)51-42(37)26-32/h1-26,35H,27H2. The Hall–Kier alpha value is -6.85. The fourth-order valence-corrected chi connectivity index (χ4v) is 7.86. The molecule has 3 heterocycles. The van der Waals surface area contributed by atoms with Gasteiger partial charge in [0, 0.05) is 50.8 Å². The van der Waals surface area contributed by atoms with Gasteiger partial charge in [-0.15, -0.1) is 0 Å². The fraction of sp³-hybridized carbons (Fsp3) is 0.0426. The van der Waals surface area contributed by atoms with Crippen molar-refractivity contribution in [3.63, 3.8) is 0 Å². The molecule has 5 heteroatoms. The van der Waals surface area contributed by atoms with Crippen molar-refractivity contribution in [1.82, 2.24) is 15.0 Å². The molecule has 11 rings (SSSR count). The third-order valence-electron chi connectivity index (χ3n) is 10.4. The maximum absolute atomic E-state index is 6.62. The average molecular weight is 668 g/mol. The first-order valence-electron chi connectivity index (χ1n) is 17.6. The van der Waals surface area contributed by atoms with E-state index < -0.39 is 0 Å². The third-order valence-corrected chi connectivity index (χ3v) is 10.4. The van der Waals surface area contributed by atoms with Gasteiger partial charge < -0.3 is 8.83 Å². The van der Waals surface area contributed by atoms with E-state index in [0.29, 0.717) is 23.9 Å². The summed E-state index contributed by atoms with van der Waals surface area (Å²) in [6.45, 7) is 0. The molecular formula is C47H29N3O2. The summed E-state index contributed by atoms with van der Waals surface area (Å²) in [7, 11) is 0. The largest absolute Gasteiger partial charge is 0.460 e. The van der Waals surface area contributed by atoms with Crippen molar-refractivity contribution in [2.45, 2.75) is 12.3 Å². The zero-order valence-electron chi connectivity index (χ0n) is 28.0. The van der Waals surface area contributed by atoms with Crippen LogP contribution in [-0.4, -0.2) is 15.0 Å². The summed E-state index contributed by atoms with van der Waals surface area (Å²) in [5.74, 6) is 2.79. The lowest BCUT2D eigenvalue weighted by molar-refractivity contribution is 0.531. The molecule has 0 saturated heterocycles. The van der Waals surface area contributed by atoms with Crippen LogP contribution in [0.1, 0.15) is 28.6 Å². The van der Waals surface area contributed by atoms with Gasteiger partial charge in [-0.1, -0.05) is 127 Å². The molecule has 1 unspecified atom stereocenters. The first-order chi connectivity index (χ1) is 25.7. The van der Waals surface area contributed by atoms with E-state index in [-0.39, 0.29) is 5.92 Å². The number of aromatic nitrogens is 3.